The first-order valence-corrected chi connectivity index (χ1v) is 6.31. The van der Waals surface area contributed by atoms with Gasteiger partial charge in [0.1, 0.15) is 5.82 Å². The molecule has 0 saturated heterocycles. The second kappa shape index (κ2) is 7.28. The van der Waals surface area contributed by atoms with Gasteiger partial charge in [-0.2, -0.15) is 0 Å². The third-order valence-corrected chi connectivity index (χ3v) is 2.81. The molecule has 3 nitrogen and oxygen atoms in total. The molecule has 0 bridgehead atoms. The van der Waals surface area contributed by atoms with Crippen LogP contribution in [0.25, 0.3) is 0 Å². The van der Waals surface area contributed by atoms with Crippen molar-refractivity contribution in [3.8, 4) is 0 Å². The topological polar surface area (TPSA) is 55.1 Å². The smallest absolute Gasteiger partial charge is 0.251 e. The van der Waals surface area contributed by atoms with Gasteiger partial charge in [-0.05, 0) is 37.5 Å². The van der Waals surface area contributed by atoms with Crippen LogP contribution in [-0.4, -0.2) is 17.4 Å². The summed E-state index contributed by atoms with van der Waals surface area (Å²) in [6.07, 6.45) is 2.30. The minimum Gasteiger partial charge on any atom is -0.393 e. The summed E-state index contributed by atoms with van der Waals surface area (Å²) in [6.45, 7) is 0.524. The molecular formula is C12H14ClFN2OS. The maximum absolute atomic E-state index is 12.9. The van der Waals surface area contributed by atoms with E-state index < -0.39 is 5.82 Å². The molecule has 0 unspecified atom stereocenters. The van der Waals surface area contributed by atoms with Crippen molar-refractivity contribution in [3.63, 3.8) is 0 Å². The molecular weight excluding hydrogens is 275 g/mol. The summed E-state index contributed by atoms with van der Waals surface area (Å²) in [5.41, 5.74) is 5.69. The van der Waals surface area contributed by atoms with Crippen LogP contribution in [0.2, 0.25) is 5.02 Å². The number of hydrogen-bond donors (Lipinski definition) is 2. The first kappa shape index (κ1) is 14.9. The summed E-state index contributed by atoms with van der Waals surface area (Å²) < 4.78 is 12.9. The number of rotatable bonds is 6. The highest BCUT2D eigenvalue weighted by Gasteiger charge is 2.07. The van der Waals surface area contributed by atoms with Crippen LogP contribution < -0.4 is 11.1 Å². The van der Waals surface area contributed by atoms with E-state index in [2.05, 4.69) is 5.32 Å². The molecule has 0 aromatic heterocycles. The quantitative estimate of drug-likeness (QED) is 0.625. The zero-order valence-electron chi connectivity index (χ0n) is 9.71. The summed E-state index contributed by atoms with van der Waals surface area (Å²) in [5, 5.41) is 2.66. The fourth-order valence-corrected chi connectivity index (χ4v) is 1.69. The van der Waals surface area contributed by atoms with Gasteiger partial charge in [-0.1, -0.05) is 23.8 Å². The highest BCUT2D eigenvalue weighted by molar-refractivity contribution is 7.80. The zero-order valence-corrected chi connectivity index (χ0v) is 11.3. The lowest BCUT2D eigenvalue weighted by Gasteiger charge is -2.05. The number of halogens is 2. The van der Waals surface area contributed by atoms with E-state index in [9.17, 15) is 9.18 Å². The number of amides is 1. The Morgan fingerprint density at radius 2 is 2.17 bits per heavy atom. The van der Waals surface area contributed by atoms with Crippen molar-refractivity contribution in [2.75, 3.05) is 6.54 Å². The normalized spacial score (nSPS) is 10.1. The Labute approximate surface area is 115 Å². The molecule has 0 spiro atoms. The van der Waals surface area contributed by atoms with Gasteiger partial charge in [-0.15, -0.1) is 0 Å². The Morgan fingerprint density at radius 3 is 2.78 bits per heavy atom. The Bertz CT molecular complexity index is 454. The van der Waals surface area contributed by atoms with E-state index in [0.717, 1.165) is 12.8 Å². The average Bonchev–Trinajstić information content (AvgIpc) is 2.31. The number of thiocarbonyl (C=S) groups is 1. The lowest BCUT2D eigenvalue weighted by Crippen LogP contribution is -2.24. The van der Waals surface area contributed by atoms with Gasteiger partial charge in [0.2, 0.25) is 0 Å². The van der Waals surface area contributed by atoms with Gasteiger partial charge >= 0.3 is 0 Å². The van der Waals surface area contributed by atoms with Crippen molar-refractivity contribution < 1.29 is 9.18 Å². The van der Waals surface area contributed by atoms with Gasteiger partial charge in [-0.25, -0.2) is 4.39 Å². The highest BCUT2D eigenvalue weighted by Crippen LogP contribution is 2.15. The van der Waals surface area contributed by atoms with Crippen molar-refractivity contribution in [2.45, 2.75) is 19.3 Å². The number of nitrogens with two attached hydrogens (primary N) is 1. The fourth-order valence-electron chi connectivity index (χ4n) is 1.37. The van der Waals surface area contributed by atoms with Gasteiger partial charge in [-0.3, -0.25) is 4.79 Å². The lowest BCUT2D eigenvalue weighted by atomic mass is 10.2. The third-order valence-electron chi connectivity index (χ3n) is 2.32. The molecule has 0 saturated carbocycles. The van der Waals surface area contributed by atoms with Crippen molar-refractivity contribution in [2.24, 2.45) is 5.73 Å². The maximum atomic E-state index is 12.9. The lowest BCUT2D eigenvalue weighted by molar-refractivity contribution is 0.0953. The zero-order chi connectivity index (χ0) is 13.5. The monoisotopic (exact) mass is 288 g/mol. The van der Waals surface area contributed by atoms with Crippen LogP contribution in [0.5, 0.6) is 0 Å². The SMILES string of the molecule is NC(=S)CCCCNC(=O)c1ccc(F)c(Cl)c1. The molecule has 18 heavy (non-hydrogen) atoms. The predicted molar refractivity (Wildman–Crippen MR) is 74.4 cm³/mol. The van der Waals surface area contributed by atoms with Crippen molar-refractivity contribution >= 4 is 34.7 Å². The molecule has 1 amide bonds. The van der Waals surface area contributed by atoms with Crippen molar-refractivity contribution in [1.82, 2.24) is 5.32 Å². The second-order valence-electron chi connectivity index (χ2n) is 3.81. The van der Waals surface area contributed by atoms with E-state index in [0.29, 0.717) is 23.5 Å². The van der Waals surface area contributed by atoms with E-state index in [4.69, 9.17) is 29.6 Å². The predicted octanol–water partition coefficient (Wildman–Crippen LogP) is 2.67. The Balaban J connectivity index is 2.36. The summed E-state index contributed by atoms with van der Waals surface area (Å²) in [7, 11) is 0. The van der Waals surface area contributed by atoms with Gasteiger partial charge in [0.05, 0.1) is 10.0 Å². The summed E-state index contributed by atoms with van der Waals surface area (Å²) in [5.74, 6) is -0.808. The number of carbonyl (C=O) groups excluding carboxylic acids is 1. The average molecular weight is 289 g/mol. The van der Waals surface area contributed by atoms with Crippen molar-refractivity contribution in [1.29, 1.82) is 0 Å². The fraction of sp³-hybridized carbons (Fsp3) is 0.333. The van der Waals surface area contributed by atoms with E-state index in [1.54, 1.807) is 0 Å². The summed E-state index contributed by atoms with van der Waals surface area (Å²) in [6, 6.07) is 3.87. The standard InChI is InChI=1S/C12H14ClFN2OS/c13-9-7-8(4-5-10(9)14)12(17)16-6-2-1-3-11(15)18/h4-5,7H,1-3,6H2,(H2,15,18)(H,16,17). The number of carbonyl (C=O) groups is 1. The molecule has 0 aliphatic rings. The van der Waals surface area contributed by atoms with Crippen LogP contribution in [-0.2, 0) is 0 Å². The third kappa shape index (κ3) is 4.98. The summed E-state index contributed by atoms with van der Waals surface area (Å²) in [4.78, 5) is 12.1. The van der Waals surface area contributed by atoms with Gasteiger partial charge in [0.25, 0.3) is 5.91 Å². The number of hydrogen-bond acceptors (Lipinski definition) is 2. The molecule has 0 aliphatic heterocycles. The molecule has 0 atom stereocenters. The first-order chi connectivity index (χ1) is 8.50. The number of benzene rings is 1. The van der Waals surface area contributed by atoms with Gasteiger partial charge in [0.15, 0.2) is 0 Å². The van der Waals surface area contributed by atoms with Gasteiger partial charge < -0.3 is 11.1 Å². The van der Waals surface area contributed by atoms with E-state index >= 15 is 0 Å². The molecule has 1 aromatic carbocycles. The van der Waals surface area contributed by atoms with E-state index in [1.165, 1.54) is 18.2 Å². The molecule has 1 aromatic rings. The van der Waals surface area contributed by atoms with E-state index in [1.807, 2.05) is 0 Å². The Hall–Kier alpha value is -1.20. The van der Waals surface area contributed by atoms with Crippen LogP contribution in [0, 0.1) is 5.82 Å². The van der Waals surface area contributed by atoms with Crippen LogP contribution in [0.1, 0.15) is 29.6 Å². The minimum absolute atomic E-state index is 0.0591. The van der Waals surface area contributed by atoms with Crippen molar-refractivity contribution in [3.05, 3.63) is 34.6 Å². The summed E-state index contributed by atoms with van der Waals surface area (Å²) >= 11 is 10.3. The van der Waals surface area contributed by atoms with E-state index in [-0.39, 0.29) is 10.9 Å². The molecule has 0 heterocycles. The first-order valence-electron chi connectivity index (χ1n) is 5.52. The molecule has 0 fully saturated rings. The Kier molecular flexibility index (Phi) is 6.01. The molecule has 1 rings (SSSR count). The highest BCUT2D eigenvalue weighted by atomic mass is 35.5. The van der Waals surface area contributed by atoms with Crippen LogP contribution >= 0.6 is 23.8 Å². The second-order valence-corrected chi connectivity index (χ2v) is 4.74. The van der Waals surface area contributed by atoms with Crippen LogP contribution in [0.4, 0.5) is 4.39 Å². The largest absolute Gasteiger partial charge is 0.393 e. The maximum Gasteiger partial charge on any atom is 0.251 e. The minimum atomic E-state index is -0.537. The van der Waals surface area contributed by atoms with Crippen LogP contribution in [0.3, 0.4) is 0 Å². The molecule has 3 N–H and O–H groups in total. The van der Waals surface area contributed by atoms with Crippen LogP contribution in [0.15, 0.2) is 18.2 Å². The Morgan fingerprint density at radius 1 is 1.44 bits per heavy atom. The van der Waals surface area contributed by atoms with Gasteiger partial charge in [0, 0.05) is 12.1 Å². The molecule has 98 valence electrons. The molecule has 0 aliphatic carbocycles. The number of nitrogens with one attached hydrogen (secondary N) is 1. The molecule has 0 radical (unpaired) electrons. The molecule has 6 heteroatoms. The number of unbranched alkanes of at least 4 members (excludes halogenated alkanes) is 1.